The van der Waals surface area contributed by atoms with Crippen molar-refractivity contribution in [2.45, 2.75) is 165 Å². The molecule has 0 aromatic heterocycles. The molecule has 0 amide bonds. The Morgan fingerprint density at radius 3 is 1.51 bits per heavy atom. The molecular formula is C31H54O14. The lowest BCUT2D eigenvalue weighted by Gasteiger charge is -2.47. The highest BCUT2D eigenvalue weighted by Crippen LogP contribution is 2.35. The van der Waals surface area contributed by atoms with Crippen LogP contribution in [0.5, 0.6) is 0 Å². The van der Waals surface area contributed by atoms with E-state index in [4.69, 9.17) is 56.8 Å². The highest BCUT2D eigenvalue weighted by Gasteiger charge is 2.51. The lowest BCUT2D eigenvalue weighted by Crippen LogP contribution is -2.62. The molecule has 4 saturated heterocycles. The second kappa shape index (κ2) is 16.4. The van der Waals surface area contributed by atoms with Crippen molar-refractivity contribution in [1.29, 1.82) is 0 Å². The average Bonchev–Trinajstić information content (AvgIpc) is 2.98. The van der Waals surface area contributed by atoms with Gasteiger partial charge in [0.2, 0.25) is 0 Å². The van der Waals surface area contributed by atoms with Gasteiger partial charge >= 0.3 is 5.97 Å². The molecule has 14 nitrogen and oxygen atoms in total. The number of hydrogen-bond acceptors (Lipinski definition) is 14. The van der Waals surface area contributed by atoms with Crippen molar-refractivity contribution in [3.8, 4) is 0 Å². The largest absolute Gasteiger partial charge is 0.454 e. The Hall–Kier alpha value is -1.01. The van der Waals surface area contributed by atoms with Crippen molar-refractivity contribution in [3.63, 3.8) is 0 Å². The quantitative estimate of drug-likeness (QED) is 0.324. The van der Waals surface area contributed by atoms with E-state index in [-0.39, 0.29) is 36.6 Å². The number of ether oxygens (including phenoxy) is 12. The van der Waals surface area contributed by atoms with Gasteiger partial charge in [-0.2, -0.15) is 0 Å². The molecule has 0 radical (unpaired) electrons. The van der Waals surface area contributed by atoms with E-state index in [0.29, 0.717) is 12.8 Å². The van der Waals surface area contributed by atoms with E-state index in [1.165, 1.54) is 14.0 Å². The Morgan fingerprint density at radius 1 is 0.578 bits per heavy atom. The maximum Gasteiger partial charge on any atom is 0.303 e. The van der Waals surface area contributed by atoms with Crippen molar-refractivity contribution in [2.24, 2.45) is 0 Å². The Balaban J connectivity index is 1.38. The standard InChI is InChI=1S/C31H54O14/c1-14-11-20(34-7)26(16(3)38-14)43-23-12-21(35-8)27(17(4)39-23)44-24-13-22(36-9)28(18(5)40-24)45-31-30(42-19(6)32)29(37-10)25(33)15(2)41-31/h14-18,20-31,33H,11-13H2,1-10H3/t14-,15+,16+,17+,18+,20-,21-,22-,23-,24-,25-,26+,27+,28+,29-,30+,31-/m0/s1. The SMILES string of the molecule is CO[C@H]1[C@@H](O)[C@@H](C)O[C@@H](O[C@H]2[C@@H](OC)C[C@H](O[C@H]3[C@@H](OC)C[C@H](O[C@H]4[C@@H](OC)C[C@H](C)O[C@@H]4C)O[C@@H]3C)O[C@@H]2C)[C@@H]1OC(C)=O. The van der Waals surface area contributed by atoms with Crippen molar-refractivity contribution < 1.29 is 66.7 Å². The van der Waals surface area contributed by atoms with Crippen LogP contribution in [0.1, 0.15) is 60.8 Å². The second-order valence-corrected chi connectivity index (χ2v) is 12.5. The second-order valence-electron chi connectivity index (χ2n) is 12.5. The van der Waals surface area contributed by atoms with Crippen LogP contribution in [-0.4, -0.2) is 144 Å². The minimum Gasteiger partial charge on any atom is -0.454 e. The highest BCUT2D eigenvalue weighted by atomic mass is 16.8. The first-order chi connectivity index (χ1) is 21.4. The Labute approximate surface area is 266 Å². The number of carbonyl (C=O) groups is 1. The summed E-state index contributed by atoms with van der Waals surface area (Å²) in [6.07, 6.45) is -7.32. The van der Waals surface area contributed by atoms with Crippen LogP contribution in [0, 0.1) is 0 Å². The van der Waals surface area contributed by atoms with Gasteiger partial charge in [-0.25, -0.2) is 0 Å². The minimum absolute atomic E-state index is 0.0866. The molecule has 0 aromatic carbocycles. The monoisotopic (exact) mass is 650 g/mol. The number of methoxy groups -OCH3 is 4. The van der Waals surface area contributed by atoms with Crippen molar-refractivity contribution in [2.75, 3.05) is 28.4 Å². The van der Waals surface area contributed by atoms with Gasteiger partial charge in [-0.3, -0.25) is 4.79 Å². The van der Waals surface area contributed by atoms with E-state index in [1.807, 2.05) is 27.7 Å². The van der Waals surface area contributed by atoms with Gasteiger partial charge in [0, 0.05) is 54.6 Å². The topological polar surface area (TPSA) is 148 Å². The number of rotatable bonds is 11. The zero-order chi connectivity index (χ0) is 33.0. The van der Waals surface area contributed by atoms with E-state index >= 15 is 0 Å². The van der Waals surface area contributed by atoms with Crippen molar-refractivity contribution >= 4 is 5.97 Å². The first kappa shape index (κ1) is 36.8. The molecule has 262 valence electrons. The van der Waals surface area contributed by atoms with Crippen LogP contribution in [0.4, 0.5) is 0 Å². The molecule has 4 aliphatic heterocycles. The van der Waals surface area contributed by atoms with Gasteiger partial charge < -0.3 is 61.9 Å². The van der Waals surface area contributed by atoms with Gasteiger partial charge in [-0.05, 0) is 34.6 Å². The fourth-order valence-corrected chi connectivity index (χ4v) is 6.91. The maximum absolute atomic E-state index is 11.9. The molecule has 0 spiro atoms. The summed E-state index contributed by atoms with van der Waals surface area (Å²) in [6, 6.07) is 0. The van der Waals surface area contributed by atoms with E-state index in [2.05, 4.69) is 0 Å². The van der Waals surface area contributed by atoms with Gasteiger partial charge in [0.1, 0.15) is 30.5 Å². The number of aliphatic hydroxyl groups excluding tert-OH is 1. The summed E-state index contributed by atoms with van der Waals surface area (Å²) in [6.45, 7) is 10.8. The fourth-order valence-electron chi connectivity index (χ4n) is 6.91. The normalized spacial score (nSPS) is 47.8. The predicted molar refractivity (Wildman–Crippen MR) is 156 cm³/mol. The van der Waals surface area contributed by atoms with E-state index in [0.717, 1.165) is 6.42 Å². The van der Waals surface area contributed by atoms with Crippen LogP contribution in [0.25, 0.3) is 0 Å². The third kappa shape index (κ3) is 8.72. The fraction of sp³-hybridized carbons (Fsp3) is 0.968. The highest BCUT2D eigenvalue weighted by molar-refractivity contribution is 5.66. The zero-order valence-corrected chi connectivity index (χ0v) is 28.2. The van der Waals surface area contributed by atoms with E-state index < -0.39 is 73.7 Å². The lowest BCUT2D eigenvalue weighted by atomic mass is 9.97. The first-order valence-corrected chi connectivity index (χ1v) is 15.9. The average molecular weight is 651 g/mol. The zero-order valence-electron chi connectivity index (χ0n) is 28.2. The maximum atomic E-state index is 11.9. The molecule has 0 aliphatic carbocycles. The van der Waals surface area contributed by atoms with Crippen LogP contribution in [0.3, 0.4) is 0 Å². The molecule has 0 bridgehead atoms. The summed E-state index contributed by atoms with van der Waals surface area (Å²) < 4.78 is 72.1. The van der Waals surface area contributed by atoms with E-state index in [1.54, 1.807) is 28.3 Å². The number of carbonyl (C=O) groups excluding carboxylic acids is 1. The van der Waals surface area contributed by atoms with Crippen LogP contribution < -0.4 is 0 Å². The number of esters is 1. The third-order valence-corrected chi connectivity index (χ3v) is 9.23. The van der Waals surface area contributed by atoms with E-state index in [9.17, 15) is 9.90 Å². The Bertz CT molecular complexity index is 925. The van der Waals surface area contributed by atoms with Gasteiger partial charge in [-0.15, -0.1) is 0 Å². The molecule has 14 heteroatoms. The molecule has 4 rings (SSSR count). The van der Waals surface area contributed by atoms with Crippen LogP contribution in [0.2, 0.25) is 0 Å². The van der Waals surface area contributed by atoms with Crippen LogP contribution in [0.15, 0.2) is 0 Å². The summed E-state index contributed by atoms with van der Waals surface area (Å²) >= 11 is 0. The molecule has 4 aliphatic rings. The smallest absolute Gasteiger partial charge is 0.303 e. The molecule has 17 atom stereocenters. The first-order valence-electron chi connectivity index (χ1n) is 15.9. The third-order valence-electron chi connectivity index (χ3n) is 9.23. The molecule has 4 fully saturated rings. The summed E-state index contributed by atoms with van der Waals surface area (Å²) in [4.78, 5) is 11.9. The summed E-state index contributed by atoms with van der Waals surface area (Å²) in [5.74, 6) is -0.551. The number of aliphatic hydroxyl groups is 1. The number of hydrogen-bond donors (Lipinski definition) is 1. The molecular weight excluding hydrogens is 596 g/mol. The Morgan fingerprint density at radius 2 is 1.04 bits per heavy atom. The lowest BCUT2D eigenvalue weighted by molar-refractivity contribution is -0.354. The van der Waals surface area contributed by atoms with Crippen molar-refractivity contribution in [3.05, 3.63) is 0 Å². The van der Waals surface area contributed by atoms with Gasteiger partial charge in [0.25, 0.3) is 0 Å². The summed E-state index contributed by atoms with van der Waals surface area (Å²) in [5.41, 5.74) is 0. The molecule has 4 heterocycles. The van der Waals surface area contributed by atoms with Gasteiger partial charge in [0.05, 0.1) is 48.8 Å². The predicted octanol–water partition coefficient (Wildman–Crippen LogP) is 1.71. The summed E-state index contributed by atoms with van der Waals surface area (Å²) in [7, 11) is 6.35. The van der Waals surface area contributed by atoms with Gasteiger partial charge in [0.15, 0.2) is 25.0 Å². The van der Waals surface area contributed by atoms with Crippen LogP contribution in [-0.2, 0) is 61.6 Å². The molecule has 0 unspecified atom stereocenters. The minimum atomic E-state index is -1.02. The van der Waals surface area contributed by atoms with Crippen LogP contribution >= 0.6 is 0 Å². The van der Waals surface area contributed by atoms with Gasteiger partial charge in [-0.1, -0.05) is 0 Å². The van der Waals surface area contributed by atoms with Crippen molar-refractivity contribution in [1.82, 2.24) is 0 Å². The molecule has 0 aromatic rings. The molecule has 0 saturated carbocycles. The molecule has 1 N–H and O–H groups in total. The molecule has 45 heavy (non-hydrogen) atoms. The summed E-state index contributed by atoms with van der Waals surface area (Å²) in [5, 5.41) is 10.6. The Kier molecular flexibility index (Phi) is 13.4.